The molecule has 1 aromatic carbocycles. The van der Waals surface area contributed by atoms with Crippen molar-refractivity contribution in [2.24, 2.45) is 5.92 Å². The van der Waals surface area contributed by atoms with Crippen molar-refractivity contribution in [3.63, 3.8) is 0 Å². The molecule has 1 fully saturated rings. The van der Waals surface area contributed by atoms with E-state index in [0.717, 1.165) is 16.9 Å². The third-order valence-corrected chi connectivity index (χ3v) is 5.20. The lowest BCUT2D eigenvalue weighted by atomic mass is 9.97. The van der Waals surface area contributed by atoms with E-state index in [4.69, 9.17) is 9.26 Å². The summed E-state index contributed by atoms with van der Waals surface area (Å²) in [6.07, 6.45) is 3.34. The molecular weight excluding hydrogens is 370 g/mol. The molecule has 0 radical (unpaired) electrons. The van der Waals surface area contributed by atoms with Crippen molar-refractivity contribution in [1.29, 1.82) is 0 Å². The van der Waals surface area contributed by atoms with Gasteiger partial charge in [0, 0.05) is 32.2 Å². The maximum atomic E-state index is 12.8. The molecule has 0 unspecified atom stereocenters. The second-order valence-corrected chi connectivity index (χ2v) is 7.14. The summed E-state index contributed by atoms with van der Waals surface area (Å²) < 4.78 is 12.9. The maximum Gasteiger partial charge on any atom is 0.226 e. The number of para-hydroxylation sites is 1. The number of nitrogens with zero attached hydrogens (tertiary/aromatic N) is 4. The van der Waals surface area contributed by atoms with Crippen LogP contribution in [0.3, 0.4) is 0 Å². The zero-order valence-electron chi connectivity index (χ0n) is 16.7. The number of benzene rings is 1. The Morgan fingerprint density at radius 3 is 2.97 bits per heavy atom. The minimum absolute atomic E-state index is 0.0238. The first-order chi connectivity index (χ1) is 14.2. The monoisotopic (exact) mass is 395 g/mol. The Bertz CT molecular complexity index is 980. The second kappa shape index (κ2) is 8.57. The van der Waals surface area contributed by atoms with Gasteiger partial charge in [0.25, 0.3) is 0 Å². The lowest BCUT2D eigenvalue weighted by molar-refractivity contribution is -0.126. The highest BCUT2D eigenvalue weighted by Gasteiger charge is 2.37. The van der Waals surface area contributed by atoms with Crippen LogP contribution in [-0.2, 0) is 22.4 Å². The van der Waals surface area contributed by atoms with Crippen LogP contribution >= 0.6 is 0 Å². The molecule has 8 heteroatoms. The van der Waals surface area contributed by atoms with E-state index in [1.54, 1.807) is 6.20 Å². The van der Waals surface area contributed by atoms with Crippen molar-refractivity contribution < 1.29 is 14.1 Å². The van der Waals surface area contributed by atoms with Crippen LogP contribution in [0.15, 0.2) is 41.1 Å². The molecule has 1 aliphatic heterocycles. The quantitative estimate of drug-likeness (QED) is 0.661. The van der Waals surface area contributed by atoms with Gasteiger partial charge in [-0.25, -0.2) is 4.68 Å². The first-order valence-electron chi connectivity index (χ1n) is 9.98. The van der Waals surface area contributed by atoms with E-state index >= 15 is 0 Å². The molecule has 3 aromatic rings. The van der Waals surface area contributed by atoms with Crippen LogP contribution in [-0.4, -0.2) is 39.0 Å². The maximum absolute atomic E-state index is 12.8. The number of rotatable bonds is 7. The van der Waals surface area contributed by atoms with Crippen molar-refractivity contribution >= 4 is 5.91 Å². The Hall–Kier alpha value is -3.00. The van der Waals surface area contributed by atoms with Gasteiger partial charge >= 0.3 is 0 Å². The van der Waals surface area contributed by atoms with E-state index in [0.29, 0.717) is 44.1 Å². The molecule has 4 rings (SSSR count). The summed E-state index contributed by atoms with van der Waals surface area (Å²) >= 11 is 0. The largest absolute Gasteiger partial charge is 0.371 e. The first-order valence-corrected chi connectivity index (χ1v) is 9.98. The summed E-state index contributed by atoms with van der Waals surface area (Å²) in [6.45, 7) is 5.01. The van der Waals surface area contributed by atoms with Crippen LogP contribution in [0.5, 0.6) is 0 Å². The normalized spacial score (nSPS) is 18.8. The summed E-state index contributed by atoms with van der Waals surface area (Å²) in [7, 11) is 0. The minimum atomic E-state index is -0.325. The molecule has 29 heavy (non-hydrogen) atoms. The van der Waals surface area contributed by atoms with Crippen LogP contribution in [0.2, 0.25) is 0 Å². The van der Waals surface area contributed by atoms with Gasteiger partial charge in [-0.3, -0.25) is 4.79 Å². The van der Waals surface area contributed by atoms with E-state index in [1.165, 1.54) is 0 Å². The molecule has 1 aliphatic rings. The second-order valence-electron chi connectivity index (χ2n) is 7.14. The number of hydrogen-bond donors (Lipinski definition) is 1. The molecule has 0 saturated carbocycles. The molecule has 3 heterocycles. The van der Waals surface area contributed by atoms with Gasteiger partial charge in [-0.05, 0) is 31.0 Å². The topological polar surface area (TPSA) is 95.1 Å². The lowest BCUT2D eigenvalue weighted by Crippen LogP contribution is -2.34. The standard InChI is InChI=1S/C21H25N5O3/c1-3-19-24-18(25-29-19)9-11-22-21(27)15-10-13-28-20(15)17-8-12-23-26(17)16-7-5-4-6-14(16)2/h4-8,12,15,20H,3,9-11,13H2,1-2H3,(H,22,27)/t15-,20-/m0/s1. The summed E-state index contributed by atoms with van der Waals surface area (Å²) in [6, 6.07) is 9.97. The summed E-state index contributed by atoms with van der Waals surface area (Å²) in [5.41, 5.74) is 3.00. The van der Waals surface area contributed by atoms with Gasteiger partial charge in [0.05, 0.1) is 17.3 Å². The van der Waals surface area contributed by atoms with Crippen molar-refractivity contribution in [2.45, 2.75) is 39.2 Å². The van der Waals surface area contributed by atoms with E-state index in [-0.39, 0.29) is 17.9 Å². The van der Waals surface area contributed by atoms with Crippen molar-refractivity contribution in [2.75, 3.05) is 13.2 Å². The van der Waals surface area contributed by atoms with Gasteiger partial charge in [-0.2, -0.15) is 10.1 Å². The number of aryl methyl sites for hydroxylation is 2. The summed E-state index contributed by atoms with van der Waals surface area (Å²) in [5.74, 6) is 0.939. The van der Waals surface area contributed by atoms with Crippen LogP contribution in [0, 0.1) is 12.8 Å². The highest BCUT2D eigenvalue weighted by atomic mass is 16.5. The van der Waals surface area contributed by atoms with Gasteiger partial charge in [-0.15, -0.1) is 0 Å². The Balaban J connectivity index is 1.44. The van der Waals surface area contributed by atoms with Crippen molar-refractivity contribution in [1.82, 2.24) is 25.2 Å². The van der Waals surface area contributed by atoms with Gasteiger partial charge in [0.15, 0.2) is 5.82 Å². The molecule has 1 amide bonds. The molecular formula is C21H25N5O3. The summed E-state index contributed by atoms with van der Waals surface area (Å²) in [5, 5.41) is 11.4. The highest BCUT2D eigenvalue weighted by molar-refractivity contribution is 5.79. The Morgan fingerprint density at radius 2 is 2.17 bits per heavy atom. The highest BCUT2D eigenvalue weighted by Crippen LogP contribution is 2.35. The number of nitrogens with one attached hydrogen (secondary N) is 1. The third-order valence-electron chi connectivity index (χ3n) is 5.20. The van der Waals surface area contributed by atoms with E-state index in [9.17, 15) is 4.79 Å². The van der Waals surface area contributed by atoms with Gasteiger partial charge < -0.3 is 14.6 Å². The predicted octanol–water partition coefficient (Wildman–Crippen LogP) is 2.56. The average Bonchev–Trinajstić information content (AvgIpc) is 3.47. The fourth-order valence-corrected chi connectivity index (χ4v) is 3.64. The van der Waals surface area contributed by atoms with E-state index in [2.05, 4.69) is 20.6 Å². The fraction of sp³-hybridized carbons (Fsp3) is 0.429. The van der Waals surface area contributed by atoms with Crippen LogP contribution < -0.4 is 5.32 Å². The molecule has 1 N–H and O–H groups in total. The minimum Gasteiger partial charge on any atom is -0.371 e. The fourth-order valence-electron chi connectivity index (χ4n) is 3.64. The molecule has 1 saturated heterocycles. The summed E-state index contributed by atoms with van der Waals surface area (Å²) in [4.78, 5) is 17.1. The SMILES string of the molecule is CCc1nc(CCNC(=O)[C@H]2CCO[C@@H]2c2ccnn2-c2ccccc2C)no1. The number of hydrogen-bond acceptors (Lipinski definition) is 6. The Morgan fingerprint density at radius 1 is 1.31 bits per heavy atom. The zero-order chi connectivity index (χ0) is 20.2. The number of carbonyl (C=O) groups excluding carboxylic acids is 1. The number of aromatic nitrogens is 4. The van der Waals surface area contributed by atoms with Crippen LogP contribution in [0.1, 0.15) is 42.4 Å². The molecule has 152 valence electrons. The number of carbonyl (C=O) groups is 1. The van der Waals surface area contributed by atoms with Gasteiger partial charge in [0.1, 0.15) is 6.10 Å². The van der Waals surface area contributed by atoms with Crippen LogP contribution in [0.25, 0.3) is 5.69 Å². The molecule has 2 aromatic heterocycles. The molecule has 0 spiro atoms. The molecule has 0 bridgehead atoms. The predicted molar refractivity (Wildman–Crippen MR) is 105 cm³/mol. The number of amides is 1. The molecule has 8 nitrogen and oxygen atoms in total. The lowest BCUT2D eigenvalue weighted by Gasteiger charge is -2.20. The first kappa shape index (κ1) is 19.3. The number of ether oxygens (including phenoxy) is 1. The van der Waals surface area contributed by atoms with E-state index < -0.39 is 0 Å². The van der Waals surface area contributed by atoms with Crippen LogP contribution in [0.4, 0.5) is 0 Å². The average molecular weight is 395 g/mol. The zero-order valence-corrected chi connectivity index (χ0v) is 16.7. The smallest absolute Gasteiger partial charge is 0.226 e. The molecule has 0 aliphatic carbocycles. The van der Waals surface area contributed by atoms with Gasteiger partial charge in [-0.1, -0.05) is 30.3 Å². The van der Waals surface area contributed by atoms with Crippen molar-refractivity contribution in [3.05, 3.63) is 59.5 Å². The van der Waals surface area contributed by atoms with Crippen molar-refractivity contribution in [3.8, 4) is 5.69 Å². The van der Waals surface area contributed by atoms with E-state index in [1.807, 2.05) is 48.9 Å². The van der Waals surface area contributed by atoms with Gasteiger partial charge in [0.2, 0.25) is 11.8 Å². The molecule has 2 atom stereocenters. The Kier molecular flexibility index (Phi) is 5.71. The Labute approximate surface area is 169 Å². The third kappa shape index (κ3) is 4.07.